The minimum absolute atomic E-state index is 0.00750. The van der Waals surface area contributed by atoms with E-state index in [2.05, 4.69) is 10.6 Å². The highest BCUT2D eigenvalue weighted by atomic mass is 35.5. The zero-order valence-corrected chi connectivity index (χ0v) is 13.8. The minimum Gasteiger partial charge on any atom is -0.384 e. The van der Waals surface area contributed by atoms with Gasteiger partial charge in [-0.15, -0.1) is 0 Å². The molecule has 0 heterocycles. The van der Waals surface area contributed by atoms with Gasteiger partial charge in [0.05, 0.1) is 11.3 Å². The van der Waals surface area contributed by atoms with Crippen LogP contribution in [0.3, 0.4) is 0 Å². The Hall–Kier alpha value is -1.92. The van der Waals surface area contributed by atoms with Crippen molar-refractivity contribution in [1.82, 2.24) is 0 Å². The van der Waals surface area contributed by atoms with E-state index < -0.39 is 17.6 Å². The summed E-state index contributed by atoms with van der Waals surface area (Å²) in [5.74, 6) is -0.544. The second-order valence-electron chi connectivity index (χ2n) is 4.92. The quantitative estimate of drug-likeness (QED) is 0.727. The number of hydrogen-bond donors (Lipinski definition) is 2. The number of benzene rings is 2. The van der Waals surface area contributed by atoms with Crippen molar-refractivity contribution in [2.45, 2.75) is 12.6 Å². The summed E-state index contributed by atoms with van der Waals surface area (Å²) in [7, 11) is 0. The Balaban J connectivity index is 1.95. The first-order chi connectivity index (χ1) is 11.3. The van der Waals surface area contributed by atoms with Crippen molar-refractivity contribution in [3.8, 4) is 0 Å². The normalized spacial score (nSPS) is 11.2. The first-order valence-corrected chi connectivity index (χ1v) is 7.67. The van der Waals surface area contributed by atoms with Crippen molar-refractivity contribution in [2.75, 3.05) is 17.2 Å². The standard InChI is InChI=1S/C16H13Cl2F3N2O/c17-10-2-1-3-12(8-10)22-7-6-15(24)23-14-5-4-11(18)9-13(14)16(19,20)21/h1-5,8-9,22H,6-7H2,(H,23,24). The second kappa shape index (κ2) is 7.77. The van der Waals surface area contributed by atoms with E-state index in [1.807, 2.05) is 0 Å². The van der Waals surface area contributed by atoms with Gasteiger partial charge in [0.25, 0.3) is 0 Å². The average Bonchev–Trinajstić information content (AvgIpc) is 2.48. The lowest BCUT2D eigenvalue weighted by Gasteiger charge is -2.14. The molecular weight excluding hydrogens is 364 g/mol. The number of hydrogen-bond acceptors (Lipinski definition) is 2. The molecule has 0 unspecified atom stereocenters. The molecule has 0 aliphatic carbocycles. The van der Waals surface area contributed by atoms with Crippen LogP contribution in [0.25, 0.3) is 0 Å². The third-order valence-electron chi connectivity index (χ3n) is 3.07. The van der Waals surface area contributed by atoms with Gasteiger partial charge < -0.3 is 10.6 Å². The fourth-order valence-corrected chi connectivity index (χ4v) is 2.35. The van der Waals surface area contributed by atoms with Gasteiger partial charge in [-0.3, -0.25) is 4.79 Å². The van der Waals surface area contributed by atoms with Crippen molar-refractivity contribution in [3.63, 3.8) is 0 Å². The summed E-state index contributed by atoms with van der Waals surface area (Å²) >= 11 is 11.4. The molecule has 0 aliphatic rings. The summed E-state index contributed by atoms with van der Waals surface area (Å²) in [6.45, 7) is 0.251. The third kappa shape index (κ3) is 5.32. The Morgan fingerprint density at radius 3 is 2.42 bits per heavy atom. The maximum absolute atomic E-state index is 13.0. The van der Waals surface area contributed by atoms with Gasteiger partial charge in [0.15, 0.2) is 0 Å². The predicted octanol–water partition coefficient (Wildman–Crippen LogP) is 5.45. The van der Waals surface area contributed by atoms with Gasteiger partial charge in [0.2, 0.25) is 5.91 Å². The summed E-state index contributed by atoms with van der Waals surface area (Å²) in [6, 6.07) is 10.1. The lowest BCUT2D eigenvalue weighted by Crippen LogP contribution is -2.19. The van der Waals surface area contributed by atoms with Crippen LogP contribution in [-0.2, 0) is 11.0 Å². The van der Waals surface area contributed by atoms with Crippen molar-refractivity contribution >= 4 is 40.5 Å². The highest BCUT2D eigenvalue weighted by Gasteiger charge is 2.34. The van der Waals surface area contributed by atoms with Crippen LogP contribution < -0.4 is 10.6 Å². The molecule has 2 aromatic carbocycles. The van der Waals surface area contributed by atoms with Crippen LogP contribution in [0, 0.1) is 0 Å². The molecule has 128 valence electrons. The Kier molecular flexibility index (Phi) is 5.96. The average molecular weight is 377 g/mol. The summed E-state index contributed by atoms with van der Waals surface area (Å²) in [5, 5.41) is 5.72. The van der Waals surface area contributed by atoms with E-state index in [9.17, 15) is 18.0 Å². The maximum atomic E-state index is 13.0. The van der Waals surface area contributed by atoms with Gasteiger partial charge in [-0.05, 0) is 36.4 Å². The van der Waals surface area contributed by atoms with E-state index in [0.717, 1.165) is 17.8 Å². The zero-order valence-electron chi connectivity index (χ0n) is 12.3. The van der Waals surface area contributed by atoms with Gasteiger partial charge in [0, 0.05) is 28.7 Å². The summed E-state index contributed by atoms with van der Waals surface area (Å²) in [5.41, 5.74) is -0.580. The van der Waals surface area contributed by atoms with Gasteiger partial charge in [-0.2, -0.15) is 13.2 Å². The molecule has 2 aromatic rings. The third-order valence-corrected chi connectivity index (χ3v) is 3.54. The van der Waals surface area contributed by atoms with Gasteiger partial charge in [-0.25, -0.2) is 0 Å². The molecule has 1 amide bonds. The molecule has 2 rings (SSSR count). The molecule has 0 bridgehead atoms. The van der Waals surface area contributed by atoms with E-state index >= 15 is 0 Å². The first-order valence-electron chi connectivity index (χ1n) is 6.92. The first kappa shape index (κ1) is 18.4. The summed E-state index contributed by atoms with van der Waals surface area (Å²) in [4.78, 5) is 11.9. The molecule has 0 atom stereocenters. The van der Waals surface area contributed by atoms with E-state index in [-0.39, 0.29) is 23.7 Å². The maximum Gasteiger partial charge on any atom is 0.418 e. The van der Waals surface area contributed by atoms with E-state index in [0.29, 0.717) is 5.02 Å². The van der Waals surface area contributed by atoms with Crippen LogP contribution in [0.1, 0.15) is 12.0 Å². The molecule has 2 N–H and O–H groups in total. The highest BCUT2D eigenvalue weighted by molar-refractivity contribution is 6.31. The molecule has 0 saturated carbocycles. The molecule has 3 nitrogen and oxygen atoms in total. The van der Waals surface area contributed by atoms with Crippen molar-refractivity contribution in [2.24, 2.45) is 0 Å². The lowest BCUT2D eigenvalue weighted by atomic mass is 10.1. The SMILES string of the molecule is O=C(CCNc1cccc(Cl)c1)Nc1ccc(Cl)cc1C(F)(F)F. The molecule has 0 spiro atoms. The van der Waals surface area contributed by atoms with Gasteiger partial charge >= 0.3 is 6.18 Å². The molecule has 0 radical (unpaired) electrons. The number of carbonyl (C=O) groups excluding carboxylic acids is 1. The van der Waals surface area contributed by atoms with Crippen LogP contribution in [-0.4, -0.2) is 12.5 Å². The Labute approximate surface area is 146 Å². The Morgan fingerprint density at radius 1 is 1.04 bits per heavy atom. The van der Waals surface area contributed by atoms with E-state index in [1.54, 1.807) is 24.3 Å². The molecule has 0 aliphatic heterocycles. The van der Waals surface area contributed by atoms with Crippen molar-refractivity contribution in [1.29, 1.82) is 0 Å². The number of halogens is 5. The van der Waals surface area contributed by atoms with E-state index in [4.69, 9.17) is 23.2 Å². The second-order valence-corrected chi connectivity index (χ2v) is 5.80. The summed E-state index contributed by atoms with van der Waals surface area (Å²) < 4.78 is 38.9. The number of amides is 1. The van der Waals surface area contributed by atoms with E-state index in [1.165, 1.54) is 6.07 Å². The van der Waals surface area contributed by atoms with Crippen LogP contribution in [0.5, 0.6) is 0 Å². The largest absolute Gasteiger partial charge is 0.418 e. The van der Waals surface area contributed by atoms with Crippen LogP contribution in [0.4, 0.5) is 24.5 Å². The highest BCUT2D eigenvalue weighted by Crippen LogP contribution is 2.36. The van der Waals surface area contributed by atoms with Crippen LogP contribution in [0.15, 0.2) is 42.5 Å². The Bertz CT molecular complexity index is 736. The molecular formula is C16H13Cl2F3N2O. The number of alkyl halides is 3. The lowest BCUT2D eigenvalue weighted by molar-refractivity contribution is -0.137. The monoisotopic (exact) mass is 376 g/mol. The number of carbonyl (C=O) groups is 1. The van der Waals surface area contributed by atoms with Crippen molar-refractivity contribution < 1.29 is 18.0 Å². The molecule has 0 saturated heterocycles. The van der Waals surface area contributed by atoms with Crippen LogP contribution >= 0.6 is 23.2 Å². The molecule has 8 heteroatoms. The molecule has 0 fully saturated rings. The smallest absolute Gasteiger partial charge is 0.384 e. The Morgan fingerprint density at radius 2 is 1.75 bits per heavy atom. The van der Waals surface area contributed by atoms with Gasteiger partial charge in [-0.1, -0.05) is 29.3 Å². The summed E-state index contributed by atoms with van der Waals surface area (Å²) in [6.07, 6.45) is -4.61. The minimum atomic E-state index is -4.60. The molecule has 0 aromatic heterocycles. The fourth-order valence-electron chi connectivity index (χ4n) is 1.99. The number of nitrogens with one attached hydrogen (secondary N) is 2. The topological polar surface area (TPSA) is 41.1 Å². The van der Waals surface area contributed by atoms with Crippen LogP contribution in [0.2, 0.25) is 10.0 Å². The number of rotatable bonds is 5. The molecule has 24 heavy (non-hydrogen) atoms. The number of anilines is 2. The van der Waals surface area contributed by atoms with Crippen molar-refractivity contribution in [3.05, 3.63) is 58.1 Å². The fraction of sp³-hybridized carbons (Fsp3) is 0.188. The zero-order chi connectivity index (χ0) is 17.7. The predicted molar refractivity (Wildman–Crippen MR) is 89.6 cm³/mol. The van der Waals surface area contributed by atoms with Gasteiger partial charge in [0.1, 0.15) is 0 Å².